The van der Waals surface area contributed by atoms with Crippen LogP contribution in [0.3, 0.4) is 0 Å². The van der Waals surface area contributed by atoms with Gasteiger partial charge in [-0.1, -0.05) is 69.0 Å². The number of nitrogens with one attached hydrogen (secondary N) is 1. The first-order chi connectivity index (χ1) is 19.6. The summed E-state index contributed by atoms with van der Waals surface area (Å²) < 4.78 is 45.6. The Balaban J connectivity index is 1.81. The highest BCUT2D eigenvalue weighted by Crippen LogP contribution is 2.35. The first kappa shape index (κ1) is 31.5. The summed E-state index contributed by atoms with van der Waals surface area (Å²) in [7, 11) is 1.69. The van der Waals surface area contributed by atoms with E-state index < -0.39 is 17.7 Å². The van der Waals surface area contributed by atoms with Gasteiger partial charge >= 0.3 is 18.2 Å². The van der Waals surface area contributed by atoms with E-state index in [4.69, 9.17) is 9.84 Å². The van der Waals surface area contributed by atoms with E-state index in [0.29, 0.717) is 29.1 Å². The fraction of sp³-hybridized carbons (Fsp3) is 0.375. The average molecular weight is 571 g/mol. The summed E-state index contributed by atoms with van der Waals surface area (Å²) in [5.41, 5.74) is 2.38. The molecule has 220 valence electrons. The highest BCUT2D eigenvalue weighted by molar-refractivity contribution is 5.92. The van der Waals surface area contributed by atoms with Crippen LogP contribution in [-0.2, 0) is 24.0 Å². The van der Waals surface area contributed by atoms with Crippen LogP contribution in [0.5, 0.6) is 5.75 Å². The monoisotopic (exact) mass is 570 g/mol. The number of carboxylic acids is 1. The minimum absolute atomic E-state index is 0.0690. The number of carbonyl (C=O) groups is 2. The summed E-state index contributed by atoms with van der Waals surface area (Å²) >= 11 is 0. The number of hydrogen-bond donors (Lipinski definition) is 2. The van der Waals surface area contributed by atoms with Gasteiger partial charge in [0.2, 0.25) is 0 Å². The molecule has 0 saturated carbocycles. The summed E-state index contributed by atoms with van der Waals surface area (Å²) in [6, 6.07) is 17.4. The number of halogens is 3. The second-order valence-corrected chi connectivity index (χ2v) is 9.97. The number of hydrogen-bond acceptors (Lipinski definition) is 3. The SMILES string of the molecule is CCCCCCCNC(=O)N(C)c1cccc(-c2ccc(CCC(=O)O)cc2OCc2cccc(C(F)(F)F)c2)c1. The van der Waals surface area contributed by atoms with E-state index >= 15 is 0 Å². The summed E-state index contributed by atoms with van der Waals surface area (Å²) in [5, 5.41) is 12.0. The lowest BCUT2D eigenvalue weighted by Crippen LogP contribution is -2.37. The molecule has 9 heteroatoms. The molecule has 3 rings (SSSR count). The van der Waals surface area contributed by atoms with Gasteiger partial charge in [0.1, 0.15) is 12.4 Å². The molecule has 0 bridgehead atoms. The second kappa shape index (κ2) is 15.1. The Bertz CT molecular complexity index is 1310. The summed E-state index contributed by atoms with van der Waals surface area (Å²) in [4.78, 5) is 25.4. The number of rotatable bonds is 14. The molecule has 0 atom stereocenters. The quantitative estimate of drug-likeness (QED) is 0.192. The van der Waals surface area contributed by atoms with Crippen molar-refractivity contribution in [3.05, 3.63) is 83.4 Å². The molecule has 0 aliphatic rings. The minimum atomic E-state index is -4.47. The smallest absolute Gasteiger partial charge is 0.416 e. The van der Waals surface area contributed by atoms with Gasteiger partial charge in [-0.3, -0.25) is 9.69 Å². The number of carbonyl (C=O) groups excluding carboxylic acids is 1. The van der Waals surface area contributed by atoms with Gasteiger partial charge in [0, 0.05) is 31.3 Å². The lowest BCUT2D eigenvalue weighted by Gasteiger charge is -2.20. The molecule has 0 aromatic heterocycles. The van der Waals surface area contributed by atoms with Crippen LogP contribution in [0, 0.1) is 0 Å². The van der Waals surface area contributed by atoms with Crippen LogP contribution in [0.2, 0.25) is 0 Å². The number of aryl methyl sites for hydroxylation is 1. The normalized spacial score (nSPS) is 11.2. The highest BCUT2D eigenvalue weighted by atomic mass is 19.4. The molecular formula is C32H37F3N2O4. The molecule has 41 heavy (non-hydrogen) atoms. The van der Waals surface area contributed by atoms with E-state index in [1.54, 1.807) is 31.3 Å². The highest BCUT2D eigenvalue weighted by Gasteiger charge is 2.30. The maximum atomic E-state index is 13.2. The zero-order chi connectivity index (χ0) is 29.8. The maximum Gasteiger partial charge on any atom is 0.416 e. The Morgan fingerprint density at radius 3 is 2.41 bits per heavy atom. The average Bonchev–Trinajstić information content (AvgIpc) is 2.96. The number of amides is 2. The van der Waals surface area contributed by atoms with Crippen LogP contribution >= 0.6 is 0 Å². The largest absolute Gasteiger partial charge is 0.488 e. The maximum absolute atomic E-state index is 13.2. The minimum Gasteiger partial charge on any atom is -0.488 e. The van der Waals surface area contributed by atoms with Crippen LogP contribution in [-0.4, -0.2) is 30.7 Å². The van der Waals surface area contributed by atoms with E-state index in [2.05, 4.69) is 12.2 Å². The van der Waals surface area contributed by atoms with Crippen LogP contribution in [0.15, 0.2) is 66.7 Å². The van der Waals surface area contributed by atoms with Gasteiger partial charge < -0.3 is 15.2 Å². The van der Waals surface area contributed by atoms with E-state index in [1.165, 1.54) is 17.4 Å². The van der Waals surface area contributed by atoms with E-state index in [9.17, 15) is 22.8 Å². The number of benzene rings is 3. The lowest BCUT2D eigenvalue weighted by atomic mass is 10.00. The fourth-order valence-corrected chi connectivity index (χ4v) is 4.37. The number of ether oxygens (including phenoxy) is 1. The van der Waals surface area contributed by atoms with Crippen LogP contribution in [0.4, 0.5) is 23.7 Å². The molecule has 0 radical (unpaired) electrons. The molecule has 0 spiro atoms. The molecule has 0 fully saturated rings. The molecule has 2 N–H and O–H groups in total. The van der Waals surface area contributed by atoms with Crippen LogP contribution in [0.25, 0.3) is 11.1 Å². The topological polar surface area (TPSA) is 78.9 Å². The number of aliphatic carboxylic acids is 1. The molecule has 0 unspecified atom stereocenters. The third kappa shape index (κ3) is 9.84. The van der Waals surface area contributed by atoms with Crippen molar-refractivity contribution >= 4 is 17.7 Å². The first-order valence-electron chi connectivity index (χ1n) is 13.8. The Morgan fingerprint density at radius 2 is 1.68 bits per heavy atom. The summed E-state index contributed by atoms with van der Waals surface area (Å²) in [5.74, 6) is -0.530. The van der Waals surface area contributed by atoms with Gasteiger partial charge in [0.25, 0.3) is 0 Å². The third-order valence-electron chi connectivity index (χ3n) is 6.73. The molecule has 0 saturated heterocycles. The summed E-state index contributed by atoms with van der Waals surface area (Å²) in [6.07, 6.45) is 1.22. The van der Waals surface area contributed by atoms with Gasteiger partial charge in [0.05, 0.1) is 5.56 Å². The summed E-state index contributed by atoms with van der Waals surface area (Å²) in [6.45, 7) is 2.64. The van der Waals surface area contributed by atoms with Gasteiger partial charge in [-0.2, -0.15) is 13.2 Å². The molecule has 0 aliphatic carbocycles. The van der Waals surface area contributed by atoms with Crippen molar-refractivity contribution < 1.29 is 32.6 Å². The molecule has 0 heterocycles. The number of alkyl halides is 3. The lowest BCUT2D eigenvalue weighted by molar-refractivity contribution is -0.138. The number of anilines is 1. The molecule has 3 aromatic carbocycles. The second-order valence-electron chi connectivity index (χ2n) is 9.97. The van der Waals surface area contributed by atoms with Crippen molar-refractivity contribution in [2.24, 2.45) is 0 Å². The van der Waals surface area contributed by atoms with Crippen molar-refractivity contribution in [3.8, 4) is 16.9 Å². The van der Waals surface area contributed by atoms with E-state index in [0.717, 1.165) is 48.9 Å². The molecule has 0 aliphatic heterocycles. The van der Waals surface area contributed by atoms with Crippen LogP contribution < -0.4 is 15.0 Å². The van der Waals surface area contributed by atoms with Crippen molar-refractivity contribution in [1.82, 2.24) is 5.32 Å². The van der Waals surface area contributed by atoms with Crippen molar-refractivity contribution in [2.75, 3.05) is 18.5 Å². The zero-order valence-electron chi connectivity index (χ0n) is 23.5. The molecule has 6 nitrogen and oxygen atoms in total. The Morgan fingerprint density at radius 1 is 0.927 bits per heavy atom. The number of carboxylic acid groups (broad SMARTS) is 1. The van der Waals surface area contributed by atoms with Crippen molar-refractivity contribution in [2.45, 2.75) is 64.7 Å². The fourth-order valence-electron chi connectivity index (χ4n) is 4.37. The van der Waals surface area contributed by atoms with Gasteiger partial charge in [-0.25, -0.2) is 4.79 Å². The van der Waals surface area contributed by atoms with Crippen molar-refractivity contribution in [3.63, 3.8) is 0 Å². The molecule has 2 amide bonds. The number of unbranched alkanes of at least 4 members (excludes halogenated alkanes) is 4. The predicted octanol–water partition coefficient (Wildman–Crippen LogP) is 8.08. The Hall–Kier alpha value is -4.01. The van der Waals surface area contributed by atoms with E-state index in [-0.39, 0.29) is 25.5 Å². The molecular weight excluding hydrogens is 533 g/mol. The predicted molar refractivity (Wildman–Crippen MR) is 154 cm³/mol. The number of nitrogens with zero attached hydrogens (tertiary/aromatic N) is 1. The van der Waals surface area contributed by atoms with E-state index in [1.807, 2.05) is 24.3 Å². The number of urea groups is 1. The zero-order valence-corrected chi connectivity index (χ0v) is 23.5. The Kier molecular flexibility index (Phi) is 11.6. The Labute approximate surface area is 239 Å². The van der Waals surface area contributed by atoms with Gasteiger partial charge in [0.15, 0.2) is 0 Å². The third-order valence-corrected chi connectivity index (χ3v) is 6.73. The van der Waals surface area contributed by atoms with Gasteiger partial charge in [-0.15, -0.1) is 0 Å². The van der Waals surface area contributed by atoms with Crippen molar-refractivity contribution in [1.29, 1.82) is 0 Å². The standard InChI is InChI=1S/C32H37F3N2O4/c1-3-4-5-6-7-18-36-31(40)37(2)27-13-9-11-25(21-27)28-16-14-23(15-17-30(38)39)20-29(28)41-22-24-10-8-12-26(19-24)32(33,34)35/h8-14,16,19-21H,3-7,15,17-18,22H2,1-2H3,(H,36,40)(H,38,39). The van der Waals surface area contributed by atoms with Crippen LogP contribution in [0.1, 0.15) is 62.1 Å². The van der Waals surface area contributed by atoms with Gasteiger partial charge in [-0.05, 0) is 59.9 Å². The first-order valence-corrected chi connectivity index (χ1v) is 13.8. The molecule has 3 aromatic rings.